The van der Waals surface area contributed by atoms with Gasteiger partial charge >= 0.3 is 5.97 Å². The molecule has 0 aliphatic heterocycles. The van der Waals surface area contributed by atoms with Gasteiger partial charge in [0.2, 0.25) is 10.8 Å². The van der Waals surface area contributed by atoms with Crippen LogP contribution in [0.3, 0.4) is 0 Å². The molecule has 1 heterocycles. The van der Waals surface area contributed by atoms with Crippen LogP contribution in [0.1, 0.15) is 59.7 Å². The summed E-state index contributed by atoms with van der Waals surface area (Å²) < 4.78 is 7.38. The molecular weight excluding hydrogens is 358 g/mol. The summed E-state index contributed by atoms with van der Waals surface area (Å²) in [7, 11) is 1.93. The summed E-state index contributed by atoms with van der Waals surface area (Å²) in [5, 5.41) is 0.0203. The van der Waals surface area contributed by atoms with Crippen molar-refractivity contribution in [2.45, 2.75) is 40.5 Å². The predicted molar refractivity (Wildman–Crippen MR) is 110 cm³/mol. The van der Waals surface area contributed by atoms with Gasteiger partial charge in [0, 0.05) is 12.0 Å². The van der Waals surface area contributed by atoms with Crippen molar-refractivity contribution in [1.82, 2.24) is 0 Å². The number of rotatable bonds is 7. The molecule has 144 valence electrons. The molecule has 0 spiro atoms. The van der Waals surface area contributed by atoms with Crippen molar-refractivity contribution in [3.8, 4) is 11.3 Å². The fraction of sp³-hybridized carbons (Fsp3) is 0.409. The Hall–Kier alpha value is -2.14. The van der Waals surface area contributed by atoms with Gasteiger partial charge in [0.25, 0.3) is 0 Å². The van der Waals surface area contributed by atoms with E-state index >= 15 is 0 Å². The number of pyridine rings is 1. The van der Waals surface area contributed by atoms with E-state index in [0.29, 0.717) is 36.3 Å². The van der Waals surface area contributed by atoms with Crippen LogP contribution in [0.4, 0.5) is 0 Å². The van der Waals surface area contributed by atoms with Crippen LogP contribution in [-0.4, -0.2) is 23.4 Å². The highest BCUT2D eigenvalue weighted by Crippen LogP contribution is 2.31. The van der Waals surface area contributed by atoms with Crippen molar-refractivity contribution in [2.24, 2.45) is 7.05 Å². The van der Waals surface area contributed by atoms with Crippen LogP contribution >= 0.6 is 11.8 Å². The predicted octanol–water partition coefficient (Wildman–Crippen LogP) is 4.37. The fourth-order valence-electron chi connectivity index (χ4n) is 3.48. The number of benzene rings is 1. The maximum absolute atomic E-state index is 12.9. The molecule has 1 aromatic carbocycles. The SMILES string of the molecule is CCOC(=O)c1c(CC)c(C(=O)SCC)c(CC)[n+](C)c1-c1ccccc1. The molecule has 2 aromatic rings. The molecule has 4 nitrogen and oxygen atoms in total. The molecule has 2 rings (SSSR count). The van der Waals surface area contributed by atoms with Crippen molar-refractivity contribution in [1.29, 1.82) is 0 Å². The Morgan fingerprint density at radius 2 is 1.67 bits per heavy atom. The lowest BCUT2D eigenvalue weighted by Crippen LogP contribution is -2.41. The second-order valence-corrected chi connectivity index (χ2v) is 7.33. The van der Waals surface area contributed by atoms with E-state index in [0.717, 1.165) is 22.5 Å². The smallest absolute Gasteiger partial charge is 0.345 e. The van der Waals surface area contributed by atoms with Crippen molar-refractivity contribution < 1.29 is 18.9 Å². The lowest BCUT2D eigenvalue weighted by molar-refractivity contribution is -0.668. The van der Waals surface area contributed by atoms with Gasteiger partial charge in [0.05, 0.1) is 12.2 Å². The third kappa shape index (κ3) is 4.24. The van der Waals surface area contributed by atoms with Crippen LogP contribution in [0.2, 0.25) is 0 Å². The molecule has 1 aromatic heterocycles. The van der Waals surface area contributed by atoms with Crippen LogP contribution < -0.4 is 4.57 Å². The zero-order chi connectivity index (χ0) is 20.0. The van der Waals surface area contributed by atoms with Gasteiger partial charge in [-0.15, -0.1) is 0 Å². The number of carbonyl (C=O) groups is 2. The maximum Gasteiger partial charge on any atom is 0.345 e. The number of ether oxygens (including phenoxy) is 1. The quantitative estimate of drug-likeness (QED) is 0.524. The molecule has 0 fully saturated rings. The first-order valence-electron chi connectivity index (χ1n) is 9.48. The second-order valence-electron chi connectivity index (χ2n) is 6.10. The highest BCUT2D eigenvalue weighted by molar-refractivity contribution is 8.14. The number of aromatic nitrogens is 1. The van der Waals surface area contributed by atoms with E-state index in [2.05, 4.69) is 0 Å². The van der Waals surface area contributed by atoms with E-state index in [1.165, 1.54) is 11.8 Å². The van der Waals surface area contributed by atoms with Crippen LogP contribution in [-0.2, 0) is 24.6 Å². The van der Waals surface area contributed by atoms with Gasteiger partial charge in [-0.3, -0.25) is 4.79 Å². The Balaban J connectivity index is 2.95. The van der Waals surface area contributed by atoms with Crippen molar-refractivity contribution >= 4 is 22.8 Å². The largest absolute Gasteiger partial charge is 0.462 e. The molecule has 5 heteroatoms. The molecule has 0 radical (unpaired) electrons. The monoisotopic (exact) mass is 386 g/mol. The van der Waals surface area contributed by atoms with E-state index in [-0.39, 0.29) is 11.1 Å². The molecule has 0 bridgehead atoms. The third-order valence-corrected chi connectivity index (χ3v) is 5.32. The highest BCUT2D eigenvalue weighted by atomic mass is 32.2. The highest BCUT2D eigenvalue weighted by Gasteiger charge is 2.34. The Morgan fingerprint density at radius 3 is 2.19 bits per heavy atom. The summed E-state index contributed by atoms with van der Waals surface area (Å²) in [6.45, 7) is 8.08. The number of esters is 1. The molecule has 0 amide bonds. The summed E-state index contributed by atoms with van der Waals surface area (Å²) in [5.41, 5.74) is 4.65. The Labute approximate surface area is 165 Å². The Morgan fingerprint density at radius 1 is 1.00 bits per heavy atom. The summed E-state index contributed by atoms with van der Waals surface area (Å²) in [6, 6.07) is 9.82. The molecule has 27 heavy (non-hydrogen) atoms. The fourth-order valence-corrected chi connectivity index (χ4v) is 4.13. The molecule has 0 aliphatic carbocycles. The van der Waals surface area contributed by atoms with Crippen molar-refractivity contribution in [2.75, 3.05) is 12.4 Å². The summed E-state index contributed by atoms with van der Waals surface area (Å²) in [6.07, 6.45) is 1.30. The minimum Gasteiger partial charge on any atom is -0.462 e. The van der Waals surface area contributed by atoms with Gasteiger partial charge in [0.1, 0.15) is 12.6 Å². The normalized spacial score (nSPS) is 10.7. The number of nitrogens with zero attached hydrogens (tertiary/aromatic N) is 1. The van der Waals surface area contributed by atoms with Crippen LogP contribution in [0.5, 0.6) is 0 Å². The number of hydrogen-bond donors (Lipinski definition) is 0. The van der Waals surface area contributed by atoms with Crippen molar-refractivity contribution in [3.05, 3.63) is 52.7 Å². The molecular formula is C22H28NO3S+. The van der Waals surface area contributed by atoms with Gasteiger partial charge in [-0.1, -0.05) is 50.7 Å². The molecule has 0 aliphatic rings. The van der Waals surface area contributed by atoms with Gasteiger partial charge in [-0.2, -0.15) is 4.57 Å². The van der Waals surface area contributed by atoms with Crippen molar-refractivity contribution in [3.63, 3.8) is 0 Å². The number of hydrogen-bond acceptors (Lipinski definition) is 4. The maximum atomic E-state index is 12.9. The standard InChI is InChI=1S/C22H28NO3S/c1-6-16-18(22(25)27-9-4)17(7-2)23(5)20(15-13-11-10-12-14-15)19(16)21(24)26-8-3/h10-14H,6-9H2,1-5H3/q+1. The van der Waals surface area contributed by atoms with E-state index < -0.39 is 0 Å². The average Bonchev–Trinajstić information content (AvgIpc) is 2.67. The molecule has 0 N–H and O–H groups in total. The summed E-state index contributed by atoms with van der Waals surface area (Å²) in [4.78, 5) is 25.9. The molecule has 0 saturated heterocycles. The Bertz CT molecular complexity index is 831. The average molecular weight is 387 g/mol. The van der Waals surface area contributed by atoms with Gasteiger partial charge < -0.3 is 4.74 Å². The first-order valence-corrected chi connectivity index (χ1v) is 10.5. The van der Waals surface area contributed by atoms with Gasteiger partial charge in [-0.05, 0) is 36.8 Å². The third-order valence-electron chi connectivity index (χ3n) is 4.56. The first kappa shape index (κ1) is 21.2. The van der Waals surface area contributed by atoms with E-state index in [4.69, 9.17) is 4.74 Å². The minimum atomic E-state index is -0.373. The van der Waals surface area contributed by atoms with Crippen LogP contribution in [0, 0.1) is 0 Å². The zero-order valence-corrected chi connectivity index (χ0v) is 17.6. The minimum absolute atomic E-state index is 0.0203. The number of carbonyl (C=O) groups excluding carboxylic acids is 2. The summed E-state index contributed by atoms with van der Waals surface area (Å²) >= 11 is 1.28. The molecule has 0 unspecified atom stereocenters. The lowest BCUT2D eigenvalue weighted by Gasteiger charge is -2.18. The topological polar surface area (TPSA) is 47.3 Å². The summed E-state index contributed by atoms with van der Waals surface area (Å²) in [5.74, 6) is 0.325. The van der Waals surface area contributed by atoms with E-state index in [1.54, 1.807) is 6.92 Å². The number of thioether (sulfide) groups is 1. The molecule has 0 atom stereocenters. The van der Waals surface area contributed by atoms with Crippen LogP contribution in [0.25, 0.3) is 11.3 Å². The first-order chi connectivity index (χ1) is 13.0. The van der Waals surface area contributed by atoms with Crippen LogP contribution in [0.15, 0.2) is 30.3 Å². The van der Waals surface area contributed by atoms with E-state index in [1.807, 2.05) is 62.7 Å². The zero-order valence-electron chi connectivity index (χ0n) is 16.8. The Kier molecular flexibility index (Phi) is 7.60. The van der Waals surface area contributed by atoms with Gasteiger partial charge in [0.15, 0.2) is 5.69 Å². The lowest BCUT2D eigenvalue weighted by atomic mass is 9.92. The second kappa shape index (κ2) is 9.70. The molecule has 0 saturated carbocycles. The van der Waals surface area contributed by atoms with Gasteiger partial charge in [-0.25, -0.2) is 4.79 Å². The van der Waals surface area contributed by atoms with E-state index in [9.17, 15) is 9.59 Å².